The Kier molecular flexibility index (Phi) is 20.8. The summed E-state index contributed by atoms with van der Waals surface area (Å²) in [5, 5.41) is 179. The standard InChI is InChI=1S/C55H90O28/c1-23-11-54-9-5-33-52(2,7-4-8-53(33,3)51(73)83-50-47(44(70)39(65)30(16-60)81-50)82-49-46(72)43(69)38(64)29(15-59)80-49)34(54)6-10-55(23,21-54)22-75-19-31-24(18-76-48-45(71)42(68)37(63)28(14-58)79-48)25(35(61)26(12-56)77-31)17-74-20-32-40(66)41(67)36(62)27(13-57)78-32/h24-50,56-72H,1,4-22H2,2-3H3/t24?,25-,26?,27?,28?,29?,30?,31-,32-,33?,34-,35-,36+,37+,38+,39+,40?,41+,42+,43+,44+,45?,46?,47?,48+,49-,50-,52+,53+,54+,55+/m0/s1. The molecule has 4 saturated carbocycles. The van der Waals surface area contributed by atoms with Gasteiger partial charge in [0.05, 0.1) is 83.7 Å². The van der Waals surface area contributed by atoms with Gasteiger partial charge in [-0.1, -0.05) is 25.5 Å². The minimum absolute atomic E-state index is 0.116. The minimum Gasteiger partial charge on any atom is -0.432 e. The van der Waals surface area contributed by atoms with Crippen LogP contribution in [0.25, 0.3) is 0 Å². The molecular formula is C55H90O28. The molecule has 31 atom stereocenters. The van der Waals surface area contributed by atoms with Gasteiger partial charge in [0.2, 0.25) is 6.29 Å². The maximum atomic E-state index is 14.9. The van der Waals surface area contributed by atoms with Crippen LogP contribution in [0.1, 0.15) is 71.6 Å². The van der Waals surface area contributed by atoms with Gasteiger partial charge >= 0.3 is 5.97 Å². The van der Waals surface area contributed by atoms with Crippen molar-refractivity contribution in [3.8, 4) is 0 Å². The molecular weight excluding hydrogens is 1110 g/mol. The molecule has 9 fully saturated rings. The SMILES string of the molecule is C=C1C[C@@]23CCC4[C@](C)(C(=O)O[C@@H]5OC(CO)[C@@H](O)[C@@H](O)C5O[C@@H]5OC(CO)[C@@H](O)[C@@H](O)C5O)CCC[C@@]4(C)[C@@H]2CC[C@]1(COC[C@@H]1OC(CO)[C@@H](O)[C@@H](COC[C@@H]2OC(CO)[C@@H](O)[C@@H](O)C2O)C1CO[C@@H]1OC(CO)[C@@H](O)[C@@H](O)C1O)C3. The molecule has 5 aliphatic heterocycles. The summed E-state index contributed by atoms with van der Waals surface area (Å²) in [7, 11) is 0. The molecule has 17 N–H and O–H groups in total. The second-order valence-electron chi connectivity index (χ2n) is 25.6. The molecule has 2 bridgehead atoms. The summed E-state index contributed by atoms with van der Waals surface area (Å²) in [6.45, 7) is 4.21. The zero-order valence-electron chi connectivity index (χ0n) is 46.8. The van der Waals surface area contributed by atoms with Gasteiger partial charge in [-0.25, -0.2) is 0 Å². The predicted molar refractivity (Wildman–Crippen MR) is 275 cm³/mol. The third-order valence-electron chi connectivity index (χ3n) is 20.9. The Labute approximate surface area is 480 Å². The molecule has 28 nitrogen and oxygen atoms in total. The van der Waals surface area contributed by atoms with Crippen molar-refractivity contribution in [2.75, 3.05) is 66.1 Å². The Morgan fingerprint density at radius 3 is 1.64 bits per heavy atom. The summed E-state index contributed by atoms with van der Waals surface area (Å²) in [6, 6.07) is 0. The van der Waals surface area contributed by atoms with Crippen LogP contribution in [-0.4, -0.2) is 300 Å². The van der Waals surface area contributed by atoms with E-state index in [-0.39, 0.29) is 50.3 Å². The van der Waals surface area contributed by atoms with E-state index in [0.717, 1.165) is 31.3 Å². The summed E-state index contributed by atoms with van der Waals surface area (Å²) in [5.41, 5.74) is -1.21. The Hall–Kier alpha value is -1.83. The molecule has 478 valence electrons. The Bertz CT molecular complexity index is 2160. The fraction of sp³-hybridized carbons (Fsp3) is 0.945. The van der Waals surface area contributed by atoms with Crippen LogP contribution >= 0.6 is 0 Å². The smallest absolute Gasteiger partial charge is 0.314 e. The van der Waals surface area contributed by atoms with Crippen molar-refractivity contribution in [3.05, 3.63) is 12.2 Å². The van der Waals surface area contributed by atoms with Crippen molar-refractivity contribution in [3.63, 3.8) is 0 Å². The lowest BCUT2D eigenvalue weighted by Crippen LogP contribution is -2.65. The molecule has 83 heavy (non-hydrogen) atoms. The summed E-state index contributed by atoms with van der Waals surface area (Å²) >= 11 is 0. The number of rotatable bonds is 20. The average molecular weight is 1200 g/mol. The average Bonchev–Trinajstić information content (AvgIpc) is 1.75. The lowest BCUT2D eigenvalue weighted by Gasteiger charge is -2.64. The second-order valence-corrected chi connectivity index (χ2v) is 25.6. The Morgan fingerprint density at radius 1 is 0.506 bits per heavy atom. The fourth-order valence-electron chi connectivity index (χ4n) is 16.2. The molecule has 0 aromatic rings. The monoisotopic (exact) mass is 1200 g/mol. The van der Waals surface area contributed by atoms with E-state index in [1.807, 2.05) is 6.92 Å². The summed E-state index contributed by atoms with van der Waals surface area (Å²) in [4.78, 5) is 14.9. The fourth-order valence-corrected chi connectivity index (χ4v) is 16.2. The van der Waals surface area contributed by atoms with E-state index in [1.54, 1.807) is 0 Å². The van der Waals surface area contributed by atoms with Crippen LogP contribution in [0.2, 0.25) is 0 Å². The third-order valence-corrected chi connectivity index (χ3v) is 20.9. The van der Waals surface area contributed by atoms with Gasteiger partial charge in [-0.15, -0.1) is 0 Å². The number of hydrogen-bond donors (Lipinski definition) is 17. The Balaban J connectivity index is 0.887. The van der Waals surface area contributed by atoms with Gasteiger partial charge in [0.15, 0.2) is 18.7 Å². The molecule has 28 heteroatoms. The highest BCUT2D eigenvalue weighted by Gasteiger charge is 2.68. The van der Waals surface area contributed by atoms with E-state index in [4.69, 9.17) is 47.4 Å². The number of aliphatic hydroxyl groups is 17. The number of hydrogen-bond acceptors (Lipinski definition) is 28. The van der Waals surface area contributed by atoms with Crippen LogP contribution in [-0.2, 0) is 52.2 Å². The normalized spacial score (nSPS) is 51.9. The molecule has 9 rings (SSSR count). The van der Waals surface area contributed by atoms with E-state index < -0.39 is 208 Å². The van der Waals surface area contributed by atoms with Gasteiger partial charge in [-0.2, -0.15) is 0 Å². The van der Waals surface area contributed by atoms with Gasteiger partial charge < -0.3 is 134 Å². The first-order chi connectivity index (χ1) is 39.4. The van der Waals surface area contributed by atoms with Crippen LogP contribution < -0.4 is 0 Å². The van der Waals surface area contributed by atoms with E-state index in [9.17, 15) is 91.6 Å². The number of ether oxygens (including phenoxy) is 10. The van der Waals surface area contributed by atoms with Gasteiger partial charge in [0.25, 0.3) is 0 Å². The zero-order valence-corrected chi connectivity index (χ0v) is 46.8. The van der Waals surface area contributed by atoms with Gasteiger partial charge in [-0.05, 0) is 81.0 Å². The van der Waals surface area contributed by atoms with Crippen molar-refractivity contribution in [1.29, 1.82) is 0 Å². The molecule has 1 spiro atoms. The highest BCUT2D eigenvalue weighted by molar-refractivity contribution is 5.77. The zero-order chi connectivity index (χ0) is 60.2. The van der Waals surface area contributed by atoms with Crippen LogP contribution in [0, 0.1) is 45.3 Å². The number of aliphatic hydroxyl groups excluding tert-OH is 17. The minimum atomic E-state index is -1.90. The molecule has 11 unspecified atom stereocenters. The molecule has 5 heterocycles. The van der Waals surface area contributed by atoms with E-state index in [1.165, 1.54) is 0 Å². The van der Waals surface area contributed by atoms with Crippen LogP contribution in [0.4, 0.5) is 0 Å². The molecule has 4 aliphatic carbocycles. The first-order valence-electron chi connectivity index (χ1n) is 29.2. The number of fused-ring (bicyclic) bond motifs is 3. The maximum Gasteiger partial charge on any atom is 0.314 e. The molecule has 0 aromatic heterocycles. The molecule has 0 amide bonds. The van der Waals surface area contributed by atoms with E-state index in [0.29, 0.717) is 32.1 Å². The van der Waals surface area contributed by atoms with Gasteiger partial charge in [0.1, 0.15) is 104 Å². The summed E-state index contributed by atoms with van der Waals surface area (Å²) < 4.78 is 59.7. The molecule has 5 saturated heterocycles. The highest BCUT2D eigenvalue weighted by atomic mass is 16.8. The highest BCUT2D eigenvalue weighted by Crippen LogP contribution is 2.75. The van der Waals surface area contributed by atoms with Gasteiger partial charge in [-0.3, -0.25) is 4.79 Å². The first-order valence-corrected chi connectivity index (χ1v) is 29.2. The predicted octanol–water partition coefficient (Wildman–Crippen LogP) is -6.46. The maximum absolute atomic E-state index is 14.9. The summed E-state index contributed by atoms with van der Waals surface area (Å²) in [5.74, 6) is -2.57. The second kappa shape index (κ2) is 26.3. The number of esters is 1. The quantitative estimate of drug-likeness (QED) is 0.0398. The van der Waals surface area contributed by atoms with Crippen molar-refractivity contribution in [1.82, 2.24) is 0 Å². The van der Waals surface area contributed by atoms with Gasteiger partial charge in [0, 0.05) is 17.3 Å². The number of carbonyl (C=O) groups is 1. The topological polar surface area (TPSA) is 453 Å². The van der Waals surface area contributed by atoms with Crippen LogP contribution in [0.3, 0.4) is 0 Å². The third kappa shape index (κ3) is 12.1. The first kappa shape index (κ1) is 65.6. The van der Waals surface area contributed by atoms with E-state index in [2.05, 4.69) is 13.5 Å². The molecule has 0 radical (unpaired) electrons. The largest absolute Gasteiger partial charge is 0.432 e. The van der Waals surface area contributed by atoms with Crippen molar-refractivity contribution in [2.45, 2.75) is 213 Å². The lowest BCUT2D eigenvalue weighted by molar-refractivity contribution is -0.363. The lowest BCUT2D eigenvalue weighted by atomic mass is 9.40. The Morgan fingerprint density at radius 2 is 1.01 bits per heavy atom. The van der Waals surface area contributed by atoms with Crippen LogP contribution in [0.15, 0.2) is 12.2 Å². The van der Waals surface area contributed by atoms with Crippen molar-refractivity contribution in [2.24, 2.45) is 45.3 Å². The summed E-state index contributed by atoms with van der Waals surface area (Å²) in [6.07, 6.45) is -29.9. The van der Waals surface area contributed by atoms with E-state index >= 15 is 0 Å². The molecule has 9 aliphatic rings. The van der Waals surface area contributed by atoms with Crippen LogP contribution in [0.5, 0.6) is 0 Å². The van der Waals surface area contributed by atoms with Crippen molar-refractivity contribution >= 4 is 5.97 Å². The van der Waals surface area contributed by atoms with Crippen molar-refractivity contribution < 1.29 is 139 Å². The molecule has 0 aromatic carbocycles. The number of carbonyl (C=O) groups excluding carboxylic acids is 1.